The maximum Gasteiger partial charge on any atom is 0.226 e. The molecule has 162 valence electrons. The predicted molar refractivity (Wildman–Crippen MR) is 125 cm³/mol. The molecule has 2 aromatic carbocycles. The molecule has 4 aromatic rings. The first-order valence-electron chi connectivity index (χ1n) is 11.1. The number of benzene rings is 2. The fourth-order valence-corrected chi connectivity index (χ4v) is 4.97. The van der Waals surface area contributed by atoms with Crippen LogP contribution >= 0.6 is 0 Å². The number of fused-ring (bicyclic) bond motifs is 1. The van der Waals surface area contributed by atoms with Gasteiger partial charge in [0.2, 0.25) is 5.95 Å². The van der Waals surface area contributed by atoms with Crippen molar-refractivity contribution in [3.05, 3.63) is 70.9 Å². The lowest BCUT2D eigenvalue weighted by Crippen LogP contribution is -2.30. The largest absolute Gasteiger partial charge is 0.497 e. The van der Waals surface area contributed by atoms with Gasteiger partial charge in [0.05, 0.1) is 18.2 Å². The van der Waals surface area contributed by atoms with Gasteiger partial charge in [-0.3, -0.25) is 0 Å². The Bertz CT molecular complexity index is 1270. The Kier molecular flexibility index (Phi) is 4.48. The van der Waals surface area contributed by atoms with Gasteiger partial charge in [0, 0.05) is 32.6 Å². The molecule has 0 saturated heterocycles. The van der Waals surface area contributed by atoms with E-state index in [9.17, 15) is 0 Å². The molecule has 2 aromatic heterocycles. The summed E-state index contributed by atoms with van der Waals surface area (Å²) in [5, 5.41) is 9.42. The first-order valence-corrected chi connectivity index (χ1v) is 11.1. The Hall–Kier alpha value is -3.61. The smallest absolute Gasteiger partial charge is 0.226 e. The lowest BCUT2D eigenvalue weighted by atomic mass is 10.1. The summed E-state index contributed by atoms with van der Waals surface area (Å²) in [5.74, 6) is 2.52. The Labute approximate surface area is 187 Å². The highest BCUT2D eigenvalue weighted by Crippen LogP contribution is 2.34. The average Bonchev–Trinajstić information content (AvgIpc) is 3.37. The Morgan fingerprint density at radius 3 is 2.50 bits per heavy atom. The van der Waals surface area contributed by atoms with E-state index in [4.69, 9.17) is 19.8 Å². The first-order chi connectivity index (χ1) is 15.7. The quantitative estimate of drug-likeness (QED) is 0.527. The summed E-state index contributed by atoms with van der Waals surface area (Å²) in [6.45, 7) is 1.68. The van der Waals surface area contributed by atoms with Crippen molar-refractivity contribution in [3.8, 4) is 5.75 Å². The molecule has 7 nitrogen and oxygen atoms in total. The van der Waals surface area contributed by atoms with E-state index in [2.05, 4.69) is 46.6 Å². The zero-order chi connectivity index (χ0) is 21.7. The van der Waals surface area contributed by atoms with Crippen molar-refractivity contribution >= 4 is 22.8 Å². The fourth-order valence-electron chi connectivity index (χ4n) is 4.97. The van der Waals surface area contributed by atoms with Crippen LogP contribution in [0.25, 0.3) is 11.0 Å². The number of rotatable bonds is 5. The molecular weight excluding hydrogens is 400 g/mol. The number of hydrogen-bond acceptors (Lipinski definition) is 6. The molecule has 0 saturated carbocycles. The van der Waals surface area contributed by atoms with Crippen molar-refractivity contribution in [1.82, 2.24) is 19.7 Å². The molecule has 0 amide bonds. The molecule has 0 bridgehead atoms. The summed E-state index contributed by atoms with van der Waals surface area (Å²) in [4.78, 5) is 12.2. The van der Waals surface area contributed by atoms with Crippen LogP contribution in [0.3, 0.4) is 0 Å². The minimum Gasteiger partial charge on any atom is -0.497 e. The van der Waals surface area contributed by atoms with Crippen LogP contribution < -0.4 is 15.0 Å². The normalized spacial score (nSPS) is 15.2. The number of anilines is 2. The second-order valence-corrected chi connectivity index (χ2v) is 8.68. The first kappa shape index (κ1) is 19.1. The van der Waals surface area contributed by atoms with Crippen LogP contribution in [-0.4, -0.2) is 39.4 Å². The van der Waals surface area contributed by atoms with Crippen molar-refractivity contribution in [2.45, 2.75) is 31.8 Å². The molecule has 6 rings (SSSR count). The van der Waals surface area contributed by atoms with Crippen LogP contribution in [0.4, 0.5) is 11.8 Å². The summed E-state index contributed by atoms with van der Waals surface area (Å²) < 4.78 is 7.19. The number of aromatic nitrogens is 4. The molecule has 1 aliphatic carbocycles. The highest BCUT2D eigenvalue weighted by Gasteiger charge is 2.28. The molecule has 1 N–H and O–H groups in total. The third-order valence-corrected chi connectivity index (χ3v) is 6.57. The second kappa shape index (κ2) is 7.51. The van der Waals surface area contributed by atoms with E-state index in [0.29, 0.717) is 12.0 Å². The second-order valence-electron chi connectivity index (χ2n) is 8.68. The predicted octanol–water partition coefficient (Wildman–Crippen LogP) is 3.51. The molecule has 32 heavy (non-hydrogen) atoms. The zero-order valence-corrected chi connectivity index (χ0v) is 18.4. The molecule has 0 unspecified atom stereocenters. The molecule has 7 heteroatoms. The van der Waals surface area contributed by atoms with Crippen LogP contribution in [0.1, 0.15) is 22.4 Å². The maximum atomic E-state index is 5.30. The van der Waals surface area contributed by atoms with Gasteiger partial charge in [0.15, 0.2) is 5.65 Å². The SMILES string of the molecule is COc1ccc(CN2CCc3nn(C)c4nc(NC5Cc6ccccc6C5)nc2c34)cc1. The number of aryl methyl sites for hydroxylation is 1. The van der Waals surface area contributed by atoms with Gasteiger partial charge in [-0.05, 0) is 41.7 Å². The minimum absolute atomic E-state index is 0.309. The summed E-state index contributed by atoms with van der Waals surface area (Å²) in [7, 11) is 3.66. The maximum absolute atomic E-state index is 5.30. The molecule has 0 fully saturated rings. The van der Waals surface area contributed by atoms with E-state index in [1.807, 2.05) is 23.9 Å². The van der Waals surface area contributed by atoms with Gasteiger partial charge in [-0.25, -0.2) is 4.68 Å². The number of ether oxygens (including phenoxy) is 1. The third-order valence-electron chi connectivity index (χ3n) is 6.57. The Morgan fingerprint density at radius 2 is 1.78 bits per heavy atom. The van der Waals surface area contributed by atoms with Gasteiger partial charge in [-0.1, -0.05) is 36.4 Å². The summed E-state index contributed by atoms with van der Waals surface area (Å²) in [6, 6.07) is 17.2. The number of hydrogen-bond donors (Lipinski definition) is 1. The molecule has 2 aliphatic rings. The van der Waals surface area contributed by atoms with Crippen LogP contribution in [0.2, 0.25) is 0 Å². The molecular formula is C25H26N6O. The van der Waals surface area contributed by atoms with E-state index in [0.717, 1.165) is 60.6 Å². The number of nitrogens with one attached hydrogen (secondary N) is 1. The Morgan fingerprint density at radius 1 is 1.03 bits per heavy atom. The van der Waals surface area contributed by atoms with Crippen molar-refractivity contribution in [2.24, 2.45) is 7.05 Å². The van der Waals surface area contributed by atoms with E-state index in [-0.39, 0.29) is 0 Å². The highest BCUT2D eigenvalue weighted by atomic mass is 16.5. The molecule has 1 aliphatic heterocycles. The topological polar surface area (TPSA) is 68.1 Å². The lowest BCUT2D eigenvalue weighted by Gasteiger charge is -2.28. The lowest BCUT2D eigenvalue weighted by molar-refractivity contribution is 0.414. The van der Waals surface area contributed by atoms with Gasteiger partial charge < -0.3 is 15.0 Å². The summed E-state index contributed by atoms with van der Waals surface area (Å²) >= 11 is 0. The van der Waals surface area contributed by atoms with Crippen LogP contribution in [-0.2, 0) is 32.9 Å². The molecule has 3 heterocycles. The summed E-state index contributed by atoms with van der Waals surface area (Å²) in [5.41, 5.74) is 6.03. The summed E-state index contributed by atoms with van der Waals surface area (Å²) in [6.07, 6.45) is 2.90. The van der Waals surface area contributed by atoms with E-state index in [1.165, 1.54) is 16.7 Å². The van der Waals surface area contributed by atoms with Crippen LogP contribution in [0.15, 0.2) is 48.5 Å². The van der Waals surface area contributed by atoms with Crippen LogP contribution in [0, 0.1) is 0 Å². The molecule has 0 radical (unpaired) electrons. The van der Waals surface area contributed by atoms with Crippen molar-refractivity contribution in [3.63, 3.8) is 0 Å². The minimum atomic E-state index is 0.309. The van der Waals surface area contributed by atoms with Gasteiger partial charge >= 0.3 is 0 Å². The number of methoxy groups -OCH3 is 1. The van der Waals surface area contributed by atoms with E-state index < -0.39 is 0 Å². The van der Waals surface area contributed by atoms with E-state index in [1.54, 1.807) is 7.11 Å². The third kappa shape index (κ3) is 3.25. The highest BCUT2D eigenvalue weighted by molar-refractivity contribution is 5.92. The van der Waals surface area contributed by atoms with E-state index >= 15 is 0 Å². The van der Waals surface area contributed by atoms with Gasteiger partial charge in [-0.15, -0.1) is 0 Å². The fraction of sp³-hybridized carbons (Fsp3) is 0.320. The average molecular weight is 427 g/mol. The van der Waals surface area contributed by atoms with Crippen molar-refractivity contribution in [2.75, 3.05) is 23.9 Å². The zero-order valence-electron chi connectivity index (χ0n) is 18.4. The van der Waals surface area contributed by atoms with Crippen LogP contribution in [0.5, 0.6) is 5.75 Å². The van der Waals surface area contributed by atoms with Gasteiger partial charge in [-0.2, -0.15) is 15.1 Å². The van der Waals surface area contributed by atoms with Gasteiger partial charge in [0.25, 0.3) is 0 Å². The monoisotopic (exact) mass is 426 g/mol. The Balaban J connectivity index is 1.33. The van der Waals surface area contributed by atoms with Gasteiger partial charge in [0.1, 0.15) is 11.6 Å². The standard InChI is InChI=1S/C25H26N6O/c1-30-23-22-21(29-30)11-12-31(15-16-7-9-20(32-2)10-8-16)24(22)28-25(27-23)26-19-13-17-5-3-4-6-18(17)14-19/h3-10,19H,11-15H2,1-2H3,(H,26,27,28). The van der Waals surface area contributed by atoms with Crippen molar-refractivity contribution in [1.29, 1.82) is 0 Å². The number of nitrogens with zero attached hydrogens (tertiary/aromatic N) is 5. The van der Waals surface area contributed by atoms with Crippen molar-refractivity contribution < 1.29 is 4.74 Å². The molecule has 0 spiro atoms. The molecule has 0 atom stereocenters.